The summed E-state index contributed by atoms with van der Waals surface area (Å²) in [6, 6.07) is 7.95. The fourth-order valence-corrected chi connectivity index (χ4v) is 2.97. The number of hydrogen-bond acceptors (Lipinski definition) is 4. The van der Waals surface area contributed by atoms with E-state index >= 15 is 0 Å². The Labute approximate surface area is 181 Å². The van der Waals surface area contributed by atoms with E-state index in [0.29, 0.717) is 31.4 Å². The molecule has 27 heavy (non-hydrogen) atoms. The first-order chi connectivity index (χ1) is 12.2. The zero-order valence-electron chi connectivity index (χ0n) is 17.0. The van der Waals surface area contributed by atoms with Crippen molar-refractivity contribution in [3.05, 3.63) is 29.8 Å². The Kier molecular flexibility index (Phi) is 12.7. The maximum absolute atomic E-state index is 11.3. The summed E-state index contributed by atoms with van der Waals surface area (Å²) in [4.78, 5) is 4.59. The molecule has 1 aromatic rings. The standard InChI is InChI=1S/C19H33N3O3S.HI/c1-6-20-19(22-16(4)10-11-26(5,23)24)21-13-17-8-7-9-18(12-17)25-14-15(2)3;/h7-9,12,15-16H,6,10-11,13-14H2,1-5H3,(H2,20,21,22);1H. The highest BCUT2D eigenvalue weighted by Gasteiger charge is 2.09. The summed E-state index contributed by atoms with van der Waals surface area (Å²) >= 11 is 0. The van der Waals surface area contributed by atoms with Crippen LogP contribution < -0.4 is 15.4 Å². The van der Waals surface area contributed by atoms with Crippen LogP contribution in [-0.2, 0) is 16.4 Å². The minimum atomic E-state index is -2.95. The van der Waals surface area contributed by atoms with Gasteiger partial charge in [-0.2, -0.15) is 0 Å². The van der Waals surface area contributed by atoms with Crippen LogP contribution in [0.3, 0.4) is 0 Å². The second kappa shape index (κ2) is 13.2. The molecule has 0 fully saturated rings. The predicted molar refractivity (Wildman–Crippen MR) is 124 cm³/mol. The number of rotatable bonds is 10. The Morgan fingerprint density at radius 2 is 1.96 bits per heavy atom. The van der Waals surface area contributed by atoms with Gasteiger partial charge in [-0.15, -0.1) is 24.0 Å². The minimum absolute atomic E-state index is 0. The van der Waals surface area contributed by atoms with Crippen molar-refractivity contribution in [3.63, 3.8) is 0 Å². The monoisotopic (exact) mass is 511 g/mol. The van der Waals surface area contributed by atoms with E-state index in [0.717, 1.165) is 17.9 Å². The van der Waals surface area contributed by atoms with Gasteiger partial charge in [-0.25, -0.2) is 13.4 Å². The zero-order valence-corrected chi connectivity index (χ0v) is 20.1. The van der Waals surface area contributed by atoms with Crippen molar-refractivity contribution in [3.8, 4) is 5.75 Å². The van der Waals surface area contributed by atoms with Gasteiger partial charge in [-0.05, 0) is 43.9 Å². The fraction of sp³-hybridized carbons (Fsp3) is 0.632. The normalized spacial score (nSPS) is 13.0. The van der Waals surface area contributed by atoms with Gasteiger partial charge >= 0.3 is 0 Å². The van der Waals surface area contributed by atoms with Gasteiger partial charge in [0.05, 0.1) is 18.9 Å². The van der Waals surface area contributed by atoms with Crippen LogP contribution >= 0.6 is 24.0 Å². The minimum Gasteiger partial charge on any atom is -0.493 e. The van der Waals surface area contributed by atoms with Gasteiger partial charge in [0, 0.05) is 18.8 Å². The SMILES string of the molecule is CCNC(=NCc1cccc(OCC(C)C)c1)NC(C)CCS(C)(=O)=O.I. The zero-order chi connectivity index (χ0) is 19.6. The third-order valence-corrected chi connectivity index (χ3v) is 4.53. The summed E-state index contributed by atoms with van der Waals surface area (Å²) in [6.07, 6.45) is 1.80. The Balaban J connectivity index is 0.00000676. The van der Waals surface area contributed by atoms with Crippen LogP contribution in [0.2, 0.25) is 0 Å². The van der Waals surface area contributed by atoms with Gasteiger partial charge in [0.15, 0.2) is 5.96 Å². The molecule has 1 aromatic carbocycles. The smallest absolute Gasteiger partial charge is 0.191 e. The molecule has 0 spiro atoms. The molecule has 1 atom stereocenters. The molecule has 2 N–H and O–H groups in total. The summed E-state index contributed by atoms with van der Waals surface area (Å²) in [6.45, 7) is 10.1. The molecule has 8 heteroatoms. The number of nitrogens with zero attached hydrogens (tertiary/aromatic N) is 1. The highest BCUT2D eigenvalue weighted by molar-refractivity contribution is 14.0. The average Bonchev–Trinajstić information content (AvgIpc) is 2.56. The number of benzene rings is 1. The lowest BCUT2D eigenvalue weighted by Crippen LogP contribution is -2.42. The largest absolute Gasteiger partial charge is 0.493 e. The second-order valence-corrected chi connectivity index (χ2v) is 9.27. The third kappa shape index (κ3) is 12.9. The van der Waals surface area contributed by atoms with Gasteiger partial charge in [-0.3, -0.25) is 0 Å². The van der Waals surface area contributed by atoms with Crippen molar-refractivity contribution in [1.82, 2.24) is 10.6 Å². The molecule has 0 saturated carbocycles. The second-order valence-electron chi connectivity index (χ2n) is 7.01. The number of nitrogens with one attached hydrogen (secondary N) is 2. The topological polar surface area (TPSA) is 79.8 Å². The van der Waals surface area contributed by atoms with Gasteiger partial charge in [-0.1, -0.05) is 26.0 Å². The van der Waals surface area contributed by atoms with Crippen LogP contribution in [0, 0.1) is 5.92 Å². The van der Waals surface area contributed by atoms with Gasteiger partial charge in [0.25, 0.3) is 0 Å². The third-order valence-electron chi connectivity index (χ3n) is 3.55. The van der Waals surface area contributed by atoms with E-state index in [1.165, 1.54) is 6.26 Å². The summed E-state index contributed by atoms with van der Waals surface area (Å²) in [7, 11) is -2.95. The van der Waals surface area contributed by atoms with E-state index in [-0.39, 0.29) is 35.8 Å². The number of ether oxygens (including phenoxy) is 1. The van der Waals surface area contributed by atoms with Crippen molar-refractivity contribution >= 4 is 39.8 Å². The molecule has 0 aromatic heterocycles. The van der Waals surface area contributed by atoms with Gasteiger partial charge < -0.3 is 15.4 Å². The van der Waals surface area contributed by atoms with Crippen molar-refractivity contribution < 1.29 is 13.2 Å². The highest BCUT2D eigenvalue weighted by Crippen LogP contribution is 2.15. The number of aliphatic imine (C=N–C) groups is 1. The molecule has 0 aliphatic carbocycles. The van der Waals surface area contributed by atoms with Crippen LogP contribution in [0.1, 0.15) is 39.7 Å². The molecule has 0 aliphatic heterocycles. The lowest BCUT2D eigenvalue weighted by Gasteiger charge is -2.17. The summed E-state index contributed by atoms with van der Waals surface area (Å²) in [5.41, 5.74) is 1.06. The number of hydrogen-bond donors (Lipinski definition) is 2. The molecule has 0 amide bonds. The van der Waals surface area contributed by atoms with E-state index in [2.05, 4.69) is 29.5 Å². The van der Waals surface area contributed by atoms with Crippen molar-refractivity contribution in [1.29, 1.82) is 0 Å². The maximum atomic E-state index is 11.3. The van der Waals surface area contributed by atoms with E-state index in [1.54, 1.807) is 0 Å². The molecule has 0 heterocycles. The first kappa shape index (κ1) is 26.0. The van der Waals surface area contributed by atoms with E-state index < -0.39 is 9.84 Å². The molecule has 0 radical (unpaired) electrons. The average molecular weight is 511 g/mol. The van der Waals surface area contributed by atoms with E-state index in [1.807, 2.05) is 38.1 Å². The van der Waals surface area contributed by atoms with Crippen molar-refractivity contribution in [2.45, 2.75) is 46.7 Å². The molecule has 156 valence electrons. The Morgan fingerprint density at radius 1 is 1.26 bits per heavy atom. The van der Waals surface area contributed by atoms with Crippen molar-refractivity contribution in [2.75, 3.05) is 25.2 Å². The summed E-state index contributed by atoms with van der Waals surface area (Å²) in [5, 5.41) is 6.45. The lowest BCUT2D eigenvalue weighted by atomic mass is 10.2. The number of halogens is 1. The van der Waals surface area contributed by atoms with Crippen LogP contribution in [0.15, 0.2) is 29.3 Å². The quantitative estimate of drug-likeness (QED) is 0.287. The molecule has 0 saturated heterocycles. The van der Waals surface area contributed by atoms with E-state index in [9.17, 15) is 8.42 Å². The Morgan fingerprint density at radius 3 is 2.56 bits per heavy atom. The molecular weight excluding hydrogens is 477 g/mol. The highest BCUT2D eigenvalue weighted by atomic mass is 127. The number of sulfone groups is 1. The molecule has 0 aliphatic rings. The molecule has 1 rings (SSSR count). The summed E-state index contributed by atoms with van der Waals surface area (Å²) < 4.78 is 28.4. The van der Waals surface area contributed by atoms with Crippen LogP contribution in [0.4, 0.5) is 0 Å². The fourth-order valence-electron chi connectivity index (χ4n) is 2.18. The molecule has 1 unspecified atom stereocenters. The van der Waals surface area contributed by atoms with Gasteiger partial charge in [0.1, 0.15) is 15.6 Å². The first-order valence-corrected chi connectivity index (χ1v) is 11.2. The maximum Gasteiger partial charge on any atom is 0.191 e. The lowest BCUT2D eigenvalue weighted by molar-refractivity contribution is 0.271. The Bertz CT molecular complexity index is 679. The Hall–Kier alpha value is -1.03. The van der Waals surface area contributed by atoms with E-state index in [4.69, 9.17) is 4.74 Å². The molecule has 0 bridgehead atoms. The van der Waals surface area contributed by atoms with Crippen LogP contribution in [-0.4, -0.2) is 45.6 Å². The van der Waals surface area contributed by atoms with Gasteiger partial charge in [0.2, 0.25) is 0 Å². The summed E-state index contributed by atoms with van der Waals surface area (Å²) in [5.74, 6) is 2.18. The molecular formula is C19H34IN3O3S. The van der Waals surface area contributed by atoms with Crippen molar-refractivity contribution in [2.24, 2.45) is 10.9 Å². The van der Waals surface area contributed by atoms with Crippen LogP contribution in [0.25, 0.3) is 0 Å². The van der Waals surface area contributed by atoms with Crippen LogP contribution in [0.5, 0.6) is 5.75 Å². The molecule has 6 nitrogen and oxygen atoms in total. The first-order valence-electron chi connectivity index (χ1n) is 9.14. The predicted octanol–water partition coefficient (Wildman–Crippen LogP) is 3.22. The number of guanidine groups is 1.